The van der Waals surface area contributed by atoms with Crippen molar-refractivity contribution in [3.63, 3.8) is 0 Å². The number of hydrogen-bond donors (Lipinski definition) is 0. The minimum Gasteiger partial charge on any atom is -0.496 e. The molecule has 0 saturated carbocycles. The molecule has 3 rings (SSSR count). The van der Waals surface area contributed by atoms with Crippen LogP contribution in [0.3, 0.4) is 0 Å². The first-order valence-electron chi connectivity index (χ1n) is 8.21. The fourth-order valence-corrected chi connectivity index (χ4v) is 2.51. The van der Waals surface area contributed by atoms with E-state index >= 15 is 0 Å². The van der Waals surface area contributed by atoms with E-state index in [1.54, 1.807) is 43.4 Å². The van der Waals surface area contributed by atoms with Crippen LogP contribution in [-0.4, -0.2) is 22.7 Å². The summed E-state index contributed by atoms with van der Waals surface area (Å²) < 4.78 is 12.8. The molecular formula is C21H20N2O3. The Balaban J connectivity index is 1.74. The zero-order chi connectivity index (χ0) is 18.4. The minimum atomic E-state index is -0.0870. The second kappa shape index (κ2) is 8.16. The molecular weight excluding hydrogens is 328 g/mol. The van der Waals surface area contributed by atoms with Gasteiger partial charge in [-0.05, 0) is 35.9 Å². The highest BCUT2D eigenvalue weighted by molar-refractivity contribution is 6.06. The van der Waals surface area contributed by atoms with Gasteiger partial charge in [-0.1, -0.05) is 30.3 Å². The summed E-state index contributed by atoms with van der Waals surface area (Å²) in [6.45, 7) is 0.380. The first-order chi connectivity index (χ1) is 12.7. The predicted octanol–water partition coefficient (Wildman–Crippen LogP) is 3.90. The molecule has 0 atom stereocenters. The topological polar surface area (TPSA) is 53.3 Å². The Morgan fingerprint density at radius 1 is 1.19 bits per heavy atom. The Kier molecular flexibility index (Phi) is 5.49. The number of aromatic nitrogens is 2. The molecule has 0 bridgehead atoms. The van der Waals surface area contributed by atoms with Crippen LogP contribution in [-0.2, 0) is 13.7 Å². The van der Waals surface area contributed by atoms with Crippen molar-refractivity contribution in [2.45, 2.75) is 6.61 Å². The Morgan fingerprint density at radius 3 is 2.69 bits per heavy atom. The molecule has 0 aliphatic rings. The van der Waals surface area contributed by atoms with E-state index in [1.165, 1.54) is 0 Å². The van der Waals surface area contributed by atoms with E-state index < -0.39 is 0 Å². The number of rotatable bonds is 7. The normalized spacial score (nSPS) is 10.8. The van der Waals surface area contributed by atoms with Gasteiger partial charge in [0.1, 0.15) is 18.1 Å². The average molecular weight is 348 g/mol. The number of hydrogen-bond acceptors (Lipinski definition) is 4. The van der Waals surface area contributed by atoms with Crippen molar-refractivity contribution in [3.05, 3.63) is 83.7 Å². The molecule has 0 unspecified atom stereocenters. The van der Waals surface area contributed by atoms with E-state index in [-0.39, 0.29) is 5.78 Å². The first kappa shape index (κ1) is 17.5. The molecule has 132 valence electrons. The first-order valence-corrected chi connectivity index (χ1v) is 8.21. The summed E-state index contributed by atoms with van der Waals surface area (Å²) in [5.41, 5.74) is 2.37. The minimum absolute atomic E-state index is 0.0870. The fraction of sp³-hybridized carbons (Fsp3) is 0.143. The van der Waals surface area contributed by atoms with E-state index in [2.05, 4.69) is 5.10 Å². The van der Waals surface area contributed by atoms with Gasteiger partial charge in [-0.2, -0.15) is 5.10 Å². The molecule has 0 N–H and O–H groups in total. The Hall–Kier alpha value is -3.34. The van der Waals surface area contributed by atoms with Crippen molar-refractivity contribution in [2.24, 2.45) is 7.05 Å². The highest BCUT2D eigenvalue weighted by Crippen LogP contribution is 2.23. The summed E-state index contributed by atoms with van der Waals surface area (Å²) in [6, 6.07) is 15.3. The van der Waals surface area contributed by atoms with Crippen molar-refractivity contribution in [2.75, 3.05) is 7.11 Å². The maximum Gasteiger partial charge on any atom is 0.189 e. The van der Waals surface area contributed by atoms with Crippen LogP contribution in [0.15, 0.2) is 67.0 Å². The van der Waals surface area contributed by atoms with Crippen LogP contribution in [0, 0.1) is 0 Å². The summed E-state index contributed by atoms with van der Waals surface area (Å²) in [5, 5.41) is 4.01. The molecule has 2 aromatic carbocycles. The van der Waals surface area contributed by atoms with Crippen LogP contribution in [0.5, 0.6) is 11.5 Å². The monoisotopic (exact) mass is 348 g/mol. The summed E-state index contributed by atoms with van der Waals surface area (Å²) in [4.78, 5) is 12.2. The number of para-hydroxylation sites is 1. The lowest BCUT2D eigenvalue weighted by Gasteiger charge is -2.11. The molecule has 5 nitrogen and oxygen atoms in total. The van der Waals surface area contributed by atoms with Crippen molar-refractivity contribution in [1.29, 1.82) is 0 Å². The number of allylic oxidation sites excluding steroid dienone is 1. The molecule has 3 aromatic rings. The number of aryl methyl sites for hydroxylation is 1. The number of carbonyl (C=O) groups excluding carboxylic acids is 1. The van der Waals surface area contributed by atoms with Crippen LogP contribution in [0.25, 0.3) is 6.08 Å². The van der Waals surface area contributed by atoms with Crippen molar-refractivity contribution < 1.29 is 14.3 Å². The third-order valence-corrected chi connectivity index (χ3v) is 3.86. The third kappa shape index (κ3) is 4.39. The molecule has 0 radical (unpaired) electrons. The molecule has 1 heterocycles. The van der Waals surface area contributed by atoms with Gasteiger partial charge in [-0.15, -0.1) is 0 Å². The van der Waals surface area contributed by atoms with Gasteiger partial charge in [-0.25, -0.2) is 0 Å². The number of methoxy groups -OCH3 is 1. The van der Waals surface area contributed by atoms with Crippen molar-refractivity contribution in [1.82, 2.24) is 9.78 Å². The van der Waals surface area contributed by atoms with Gasteiger partial charge in [0.05, 0.1) is 18.9 Å². The van der Waals surface area contributed by atoms with E-state index in [0.29, 0.717) is 12.2 Å². The summed E-state index contributed by atoms with van der Waals surface area (Å²) >= 11 is 0. The number of ketones is 1. The zero-order valence-corrected chi connectivity index (χ0v) is 14.8. The number of ether oxygens (including phenoxy) is 2. The van der Waals surface area contributed by atoms with Crippen LogP contribution in [0.4, 0.5) is 0 Å². The van der Waals surface area contributed by atoms with Crippen molar-refractivity contribution >= 4 is 11.9 Å². The average Bonchev–Trinajstić information content (AvgIpc) is 3.12. The second-order valence-electron chi connectivity index (χ2n) is 5.77. The van der Waals surface area contributed by atoms with Gasteiger partial charge in [0, 0.05) is 18.8 Å². The lowest BCUT2D eigenvalue weighted by Crippen LogP contribution is -1.99. The fourth-order valence-electron chi connectivity index (χ4n) is 2.51. The smallest absolute Gasteiger partial charge is 0.189 e. The largest absolute Gasteiger partial charge is 0.496 e. The number of carbonyl (C=O) groups is 1. The van der Waals surface area contributed by atoms with Gasteiger partial charge < -0.3 is 9.47 Å². The van der Waals surface area contributed by atoms with E-state index in [1.807, 2.05) is 48.5 Å². The molecule has 0 amide bonds. The molecule has 5 heteroatoms. The van der Waals surface area contributed by atoms with Crippen LogP contribution >= 0.6 is 0 Å². The predicted molar refractivity (Wildman–Crippen MR) is 100 cm³/mol. The summed E-state index contributed by atoms with van der Waals surface area (Å²) in [7, 11) is 3.41. The quantitative estimate of drug-likeness (QED) is 0.480. The van der Waals surface area contributed by atoms with Gasteiger partial charge in [0.15, 0.2) is 5.78 Å². The van der Waals surface area contributed by atoms with Crippen LogP contribution in [0.2, 0.25) is 0 Å². The highest BCUT2D eigenvalue weighted by Gasteiger charge is 2.07. The summed E-state index contributed by atoms with van der Waals surface area (Å²) in [5.74, 6) is 1.45. The lowest BCUT2D eigenvalue weighted by molar-refractivity contribution is 0.104. The number of nitrogens with zero attached hydrogens (tertiary/aromatic N) is 2. The van der Waals surface area contributed by atoms with E-state index in [0.717, 1.165) is 22.6 Å². The lowest BCUT2D eigenvalue weighted by atomic mass is 10.1. The standard InChI is InChI=1S/C21H20N2O3/c1-23-14-18(13-22-23)20(24)10-8-16-9-11-21(25-2)17(12-16)15-26-19-6-4-3-5-7-19/h3-14H,15H2,1-2H3/b10-8+. The SMILES string of the molecule is COc1ccc(/C=C/C(=O)c2cnn(C)c2)cc1COc1ccccc1. The molecule has 0 aliphatic carbocycles. The maximum absolute atomic E-state index is 12.2. The van der Waals surface area contributed by atoms with E-state index in [4.69, 9.17) is 9.47 Å². The third-order valence-electron chi connectivity index (χ3n) is 3.86. The molecule has 0 aliphatic heterocycles. The zero-order valence-electron chi connectivity index (χ0n) is 14.8. The van der Waals surface area contributed by atoms with Gasteiger partial charge in [0.2, 0.25) is 0 Å². The second-order valence-corrected chi connectivity index (χ2v) is 5.77. The number of benzene rings is 2. The Morgan fingerprint density at radius 2 is 2.00 bits per heavy atom. The molecule has 1 aromatic heterocycles. The molecule has 0 fully saturated rings. The van der Waals surface area contributed by atoms with Gasteiger partial charge >= 0.3 is 0 Å². The van der Waals surface area contributed by atoms with Crippen LogP contribution in [0.1, 0.15) is 21.5 Å². The Labute approximate surface area is 152 Å². The molecule has 0 saturated heterocycles. The van der Waals surface area contributed by atoms with Crippen LogP contribution < -0.4 is 9.47 Å². The summed E-state index contributed by atoms with van der Waals surface area (Å²) in [6.07, 6.45) is 6.57. The Bertz CT molecular complexity index is 914. The molecule has 0 spiro atoms. The van der Waals surface area contributed by atoms with Crippen molar-refractivity contribution in [3.8, 4) is 11.5 Å². The van der Waals surface area contributed by atoms with Gasteiger partial charge in [-0.3, -0.25) is 9.48 Å². The molecule has 26 heavy (non-hydrogen) atoms. The van der Waals surface area contributed by atoms with E-state index in [9.17, 15) is 4.79 Å². The maximum atomic E-state index is 12.2. The van der Waals surface area contributed by atoms with Gasteiger partial charge in [0.25, 0.3) is 0 Å². The highest BCUT2D eigenvalue weighted by atomic mass is 16.5.